The minimum atomic E-state index is -0.388. The van der Waals surface area contributed by atoms with Crippen molar-refractivity contribution in [3.8, 4) is 0 Å². The second kappa shape index (κ2) is 10.9. The summed E-state index contributed by atoms with van der Waals surface area (Å²) in [6.07, 6.45) is 1.60. The molecule has 0 saturated heterocycles. The van der Waals surface area contributed by atoms with Crippen molar-refractivity contribution < 1.29 is 4.79 Å². The standard InChI is InChI=1S/C19H27N3OS.2ClH/c1-13(2)11-19(4,12-20)22-18(23)17-14(3)21-16(24-17)10-15-8-6-5-7-9-15;;/h5-9,13H,10-12,20H2,1-4H3,(H,22,23);2*1H. The monoisotopic (exact) mass is 417 g/mol. The number of amides is 1. The molecule has 2 rings (SSSR count). The van der Waals surface area contributed by atoms with E-state index in [9.17, 15) is 4.79 Å². The molecular formula is C19H29Cl2N3OS. The molecule has 0 saturated carbocycles. The van der Waals surface area contributed by atoms with Crippen LogP contribution in [0.1, 0.15) is 53.1 Å². The molecule has 0 aliphatic carbocycles. The molecule has 4 nitrogen and oxygen atoms in total. The highest BCUT2D eigenvalue weighted by molar-refractivity contribution is 7.13. The summed E-state index contributed by atoms with van der Waals surface area (Å²) in [4.78, 5) is 17.9. The molecule has 1 unspecified atom stereocenters. The molecule has 0 aliphatic rings. The van der Waals surface area contributed by atoms with Gasteiger partial charge in [-0.3, -0.25) is 4.79 Å². The number of hydrogen-bond donors (Lipinski definition) is 2. The van der Waals surface area contributed by atoms with E-state index in [4.69, 9.17) is 5.73 Å². The second-order valence-electron chi connectivity index (χ2n) is 7.00. The number of nitrogens with two attached hydrogens (primary N) is 1. The summed E-state index contributed by atoms with van der Waals surface area (Å²) in [7, 11) is 0. The molecule has 0 spiro atoms. The number of carbonyl (C=O) groups excluding carboxylic acids is 1. The van der Waals surface area contributed by atoms with E-state index in [-0.39, 0.29) is 36.3 Å². The summed E-state index contributed by atoms with van der Waals surface area (Å²) in [5.41, 5.74) is 7.50. The van der Waals surface area contributed by atoms with E-state index in [2.05, 4.69) is 36.3 Å². The van der Waals surface area contributed by atoms with Gasteiger partial charge in [0.2, 0.25) is 0 Å². The predicted molar refractivity (Wildman–Crippen MR) is 115 cm³/mol. The van der Waals surface area contributed by atoms with Gasteiger partial charge in [0, 0.05) is 13.0 Å². The molecule has 1 aromatic carbocycles. The Hall–Kier alpha value is -1.14. The van der Waals surface area contributed by atoms with Crippen molar-refractivity contribution in [2.45, 2.75) is 46.1 Å². The fourth-order valence-corrected chi connectivity index (χ4v) is 3.92. The van der Waals surface area contributed by atoms with E-state index in [1.165, 1.54) is 16.9 Å². The van der Waals surface area contributed by atoms with Gasteiger partial charge >= 0.3 is 0 Å². The highest BCUT2D eigenvalue weighted by atomic mass is 35.5. The van der Waals surface area contributed by atoms with Crippen molar-refractivity contribution in [2.75, 3.05) is 6.54 Å². The zero-order chi connectivity index (χ0) is 17.7. The Bertz CT molecular complexity index is 691. The summed E-state index contributed by atoms with van der Waals surface area (Å²) in [5, 5.41) is 4.08. The zero-order valence-corrected chi connectivity index (χ0v) is 18.2. The van der Waals surface area contributed by atoms with Crippen molar-refractivity contribution in [1.29, 1.82) is 0 Å². The van der Waals surface area contributed by atoms with Gasteiger partial charge in [0.1, 0.15) is 4.88 Å². The third-order valence-corrected chi connectivity index (χ3v) is 5.13. The van der Waals surface area contributed by atoms with Crippen molar-refractivity contribution in [3.05, 3.63) is 51.5 Å². The number of thiazole rings is 1. The maximum atomic E-state index is 12.7. The fraction of sp³-hybridized carbons (Fsp3) is 0.474. The lowest BCUT2D eigenvalue weighted by Crippen LogP contribution is -2.52. The van der Waals surface area contributed by atoms with E-state index in [1.807, 2.05) is 32.0 Å². The highest BCUT2D eigenvalue weighted by Crippen LogP contribution is 2.23. The predicted octanol–water partition coefficient (Wildman–Crippen LogP) is 4.38. The van der Waals surface area contributed by atoms with Crippen molar-refractivity contribution >= 4 is 42.1 Å². The van der Waals surface area contributed by atoms with Crippen LogP contribution in [0, 0.1) is 12.8 Å². The first kappa shape index (κ1) is 24.9. The number of carbonyl (C=O) groups is 1. The van der Waals surface area contributed by atoms with Crippen LogP contribution in [0.2, 0.25) is 0 Å². The SMILES string of the molecule is Cc1nc(Cc2ccccc2)sc1C(=O)NC(C)(CN)CC(C)C.Cl.Cl. The quantitative estimate of drug-likeness (QED) is 0.701. The van der Waals surface area contributed by atoms with Crippen LogP contribution in [0.4, 0.5) is 0 Å². The van der Waals surface area contributed by atoms with Gasteiger partial charge in [-0.25, -0.2) is 4.98 Å². The average Bonchev–Trinajstić information content (AvgIpc) is 2.88. The number of nitrogens with one attached hydrogen (secondary N) is 1. The van der Waals surface area contributed by atoms with Gasteiger partial charge in [-0.15, -0.1) is 36.2 Å². The number of benzene rings is 1. The van der Waals surface area contributed by atoms with Crippen LogP contribution < -0.4 is 11.1 Å². The molecule has 1 amide bonds. The fourth-order valence-electron chi connectivity index (χ4n) is 2.93. The first-order chi connectivity index (χ1) is 11.3. The maximum Gasteiger partial charge on any atom is 0.263 e. The number of halogens is 2. The summed E-state index contributed by atoms with van der Waals surface area (Å²) >= 11 is 1.47. The van der Waals surface area contributed by atoms with Gasteiger partial charge in [-0.1, -0.05) is 44.2 Å². The second-order valence-corrected chi connectivity index (χ2v) is 8.09. The Balaban J connectivity index is 0.00000312. The maximum absolute atomic E-state index is 12.7. The molecule has 146 valence electrons. The molecule has 3 N–H and O–H groups in total. The summed E-state index contributed by atoms with van der Waals surface area (Å²) in [6.45, 7) is 8.59. The average molecular weight is 418 g/mol. The van der Waals surface area contributed by atoms with Crippen LogP contribution in [0.3, 0.4) is 0 Å². The zero-order valence-electron chi connectivity index (χ0n) is 15.7. The van der Waals surface area contributed by atoms with Crippen LogP contribution in [0.15, 0.2) is 30.3 Å². The number of nitrogens with zero attached hydrogens (tertiary/aromatic N) is 1. The Morgan fingerprint density at radius 2 is 1.88 bits per heavy atom. The third kappa shape index (κ3) is 6.88. The molecule has 1 atom stereocenters. The Morgan fingerprint density at radius 3 is 2.42 bits per heavy atom. The largest absolute Gasteiger partial charge is 0.345 e. The highest BCUT2D eigenvalue weighted by Gasteiger charge is 2.28. The summed E-state index contributed by atoms with van der Waals surface area (Å²) in [5.74, 6) is 0.396. The molecule has 2 aromatic rings. The molecule has 7 heteroatoms. The first-order valence-electron chi connectivity index (χ1n) is 8.36. The van der Waals surface area contributed by atoms with Crippen LogP contribution in [-0.4, -0.2) is 23.0 Å². The number of aryl methyl sites for hydroxylation is 1. The van der Waals surface area contributed by atoms with Gasteiger partial charge < -0.3 is 11.1 Å². The van der Waals surface area contributed by atoms with E-state index < -0.39 is 0 Å². The molecular weight excluding hydrogens is 389 g/mol. The molecule has 1 heterocycles. The lowest BCUT2D eigenvalue weighted by molar-refractivity contribution is 0.0901. The number of hydrogen-bond acceptors (Lipinski definition) is 4. The van der Waals surface area contributed by atoms with Crippen molar-refractivity contribution in [2.24, 2.45) is 11.7 Å². The molecule has 0 radical (unpaired) electrons. The molecule has 0 bridgehead atoms. The smallest absolute Gasteiger partial charge is 0.263 e. The van der Waals surface area contributed by atoms with Gasteiger partial charge in [-0.2, -0.15) is 0 Å². The first-order valence-corrected chi connectivity index (χ1v) is 9.17. The molecule has 1 aromatic heterocycles. The van der Waals surface area contributed by atoms with E-state index >= 15 is 0 Å². The summed E-state index contributed by atoms with van der Waals surface area (Å²) in [6, 6.07) is 10.2. The third-order valence-electron chi connectivity index (χ3n) is 3.97. The lowest BCUT2D eigenvalue weighted by atomic mass is 9.90. The summed E-state index contributed by atoms with van der Waals surface area (Å²) < 4.78 is 0. The van der Waals surface area contributed by atoms with Crippen molar-refractivity contribution in [3.63, 3.8) is 0 Å². The van der Waals surface area contributed by atoms with Crippen LogP contribution in [-0.2, 0) is 6.42 Å². The number of rotatable bonds is 7. The normalized spacial score (nSPS) is 12.7. The lowest BCUT2D eigenvalue weighted by Gasteiger charge is -2.31. The van der Waals surface area contributed by atoms with Gasteiger partial charge in [-0.05, 0) is 31.7 Å². The molecule has 0 aliphatic heterocycles. The van der Waals surface area contributed by atoms with Crippen molar-refractivity contribution in [1.82, 2.24) is 10.3 Å². The van der Waals surface area contributed by atoms with Crippen LogP contribution in [0.5, 0.6) is 0 Å². The van der Waals surface area contributed by atoms with Gasteiger partial charge in [0.05, 0.1) is 16.2 Å². The molecule has 26 heavy (non-hydrogen) atoms. The topological polar surface area (TPSA) is 68.0 Å². The Morgan fingerprint density at radius 1 is 1.27 bits per heavy atom. The van der Waals surface area contributed by atoms with Crippen LogP contribution in [0.25, 0.3) is 0 Å². The van der Waals surface area contributed by atoms with Crippen LogP contribution >= 0.6 is 36.2 Å². The number of aromatic nitrogens is 1. The van der Waals surface area contributed by atoms with E-state index in [0.717, 1.165) is 23.5 Å². The minimum absolute atomic E-state index is 0. The minimum Gasteiger partial charge on any atom is -0.345 e. The van der Waals surface area contributed by atoms with Gasteiger partial charge in [0.15, 0.2) is 0 Å². The Kier molecular flexibility index (Phi) is 10.4. The van der Waals surface area contributed by atoms with Gasteiger partial charge in [0.25, 0.3) is 5.91 Å². The Labute approximate surface area is 172 Å². The molecule has 0 fully saturated rings. The van der Waals surface area contributed by atoms with E-state index in [1.54, 1.807) is 0 Å². The van der Waals surface area contributed by atoms with E-state index in [0.29, 0.717) is 17.3 Å².